The van der Waals surface area contributed by atoms with Crippen molar-refractivity contribution in [2.24, 2.45) is 11.8 Å². The molecule has 2 atom stereocenters. The second-order valence-corrected chi connectivity index (χ2v) is 4.88. The Morgan fingerprint density at radius 2 is 2.35 bits per heavy atom. The summed E-state index contributed by atoms with van der Waals surface area (Å²) in [4.78, 5) is 15.9. The van der Waals surface area contributed by atoms with Crippen LogP contribution in [0.2, 0.25) is 0 Å². The van der Waals surface area contributed by atoms with Gasteiger partial charge >= 0.3 is 0 Å². The van der Waals surface area contributed by atoms with Crippen molar-refractivity contribution >= 4 is 5.91 Å². The van der Waals surface area contributed by atoms with E-state index in [1.54, 1.807) is 12.5 Å². The summed E-state index contributed by atoms with van der Waals surface area (Å²) in [6, 6.07) is 0.132. The molecule has 2 rings (SSSR count). The lowest BCUT2D eigenvalue weighted by Gasteiger charge is -2.32. The molecule has 0 radical (unpaired) electrons. The van der Waals surface area contributed by atoms with E-state index in [2.05, 4.69) is 15.6 Å². The molecule has 2 N–H and O–H groups in total. The third kappa shape index (κ3) is 3.06. The first kappa shape index (κ1) is 12.1. The average molecular weight is 236 g/mol. The van der Waals surface area contributed by atoms with Crippen molar-refractivity contribution in [3.05, 3.63) is 18.7 Å². The summed E-state index contributed by atoms with van der Waals surface area (Å²) in [5.41, 5.74) is 0. The molecule has 0 saturated carbocycles. The molecular formula is C12H20N4O. The van der Waals surface area contributed by atoms with Gasteiger partial charge in [-0.3, -0.25) is 4.79 Å². The van der Waals surface area contributed by atoms with Crippen molar-refractivity contribution in [2.45, 2.75) is 26.4 Å². The highest BCUT2D eigenvalue weighted by Gasteiger charge is 2.29. The fourth-order valence-electron chi connectivity index (χ4n) is 2.01. The average Bonchev–Trinajstić information content (AvgIpc) is 2.67. The maximum absolute atomic E-state index is 12.0. The quantitative estimate of drug-likeness (QED) is 0.770. The highest BCUT2D eigenvalue weighted by Crippen LogP contribution is 2.15. The molecule has 0 spiro atoms. The first-order chi connectivity index (χ1) is 8.16. The molecule has 1 saturated heterocycles. The molecule has 0 aromatic carbocycles. The normalized spacial score (nSPS) is 19.4. The Hall–Kier alpha value is -1.36. The van der Waals surface area contributed by atoms with E-state index in [1.807, 2.05) is 24.6 Å². The van der Waals surface area contributed by atoms with Crippen molar-refractivity contribution in [1.29, 1.82) is 0 Å². The lowest BCUT2D eigenvalue weighted by Crippen LogP contribution is -2.51. The van der Waals surface area contributed by atoms with Crippen LogP contribution in [0.3, 0.4) is 0 Å². The van der Waals surface area contributed by atoms with E-state index in [0.717, 1.165) is 19.6 Å². The van der Waals surface area contributed by atoms with Crippen LogP contribution in [0.25, 0.3) is 0 Å². The van der Waals surface area contributed by atoms with Crippen molar-refractivity contribution in [2.75, 3.05) is 13.1 Å². The van der Waals surface area contributed by atoms with Crippen LogP contribution in [0, 0.1) is 11.8 Å². The number of hydrogen-bond acceptors (Lipinski definition) is 3. The van der Waals surface area contributed by atoms with Gasteiger partial charge in [0.05, 0.1) is 6.33 Å². The summed E-state index contributed by atoms with van der Waals surface area (Å²) in [6.07, 6.45) is 5.42. The fraction of sp³-hybridized carbons (Fsp3) is 0.667. The minimum absolute atomic E-state index is 0.0986. The summed E-state index contributed by atoms with van der Waals surface area (Å²) in [5.74, 6) is 0.751. The minimum Gasteiger partial charge on any atom is -0.352 e. The molecule has 0 bridgehead atoms. The predicted octanol–water partition coefficient (Wildman–Crippen LogP) is 0.243. The molecule has 1 aliphatic rings. The van der Waals surface area contributed by atoms with Crippen molar-refractivity contribution < 1.29 is 4.79 Å². The lowest BCUT2D eigenvalue weighted by molar-refractivity contribution is -0.127. The third-order valence-electron chi connectivity index (χ3n) is 3.37. The highest BCUT2D eigenvalue weighted by atomic mass is 16.1. The highest BCUT2D eigenvalue weighted by molar-refractivity contribution is 5.79. The molecule has 0 aliphatic carbocycles. The summed E-state index contributed by atoms with van der Waals surface area (Å²) >= 11 is 0. The van der Waals surface area contributed by atoms with Crippen molar-refractivity contribution in [3.8, 4) is 0 Å². The zero-order valence-electron chi connectivity index (χ0n) is 10.4. The van der Waals surface area contributed by atoms with Gasteiger partial charge in [0.1, 0.15) is 0 Å². The second kappa shape index (κ2) is 5.31. The number of imidazole rings is 1. The fourth-order valence-corrected chi connectivity index (χ4v) is 2.01. The van der Waals surface area contributed by atoms with E-state index >= 15 is 0 Å². The van der Waals surface area contributed by atoms with Gasteiger partial charge in [-0.05, 0) is 25.9 Å². The SMILES string of the molecule is CC(Cn1ccnc1)NC(=O)C(C)C1CNC1. The number of amides is 1. The van der Waals surface area contributed by atoms with Crippen molar-refractivity contribution in [1.82, 2.24) is 20.2 Å². The van der Waals surface area contributed by atoms with Crippen LogP contribution in [0.15, 0.2) is 18.7 Å². The van der Waals surface area contributed by atoms with Gasteiger partial charge in [0.25, 0.3) is 0 Å². The molecule has 1 aromatic rings. The smallest absolute Gasteiger partial charge is 0.223 e. The van der Waals surface area contributed by atoms with Crippen LogP contribution in [0.5, 0.6) is 0 Å². The van der Waals surface area contributed by atoms with Gasteiger partial charge in [-0.1, -0.05) is 6.92 Å². The monoisotopic (exact) mass is 236 g/mol. The summed E-state index contributed by atoms with van der Waals surface area (Å²) in [5, 5.41) is 6.25. The van der Waals surface area contributed by atoms with Gasteiger partial charge in [-0.2, -0.15) is 0 Å². The van der Waals surface area contributed by atoms with Crippen LogP contribution >= 0.6 is 0 Å². The number of nitrogens with one attached hydrogen (secondary N) is 2. The number of aromatic nitrogens is 2. The standard InChI is InChI=1S/C12H20N4O/c1-9(7-16-4-3-13-8-16)15-12(17)10(2)11-5-14-6-11/h3-4,8-11,14H,5-7H2,1-2H3,(H,15,17). The Bertz CT molecular complexity index is 359. The van der Waals surface area contributed by atoms with E-state index < -0.39 is 0 Å². The first-order valence-electron chi connectivity index (χ1n) is 6.13. The van der Waals surface area contributed by atoms with E-state index in [4.69, 9.17) is 0 Å². The molecule has 1 aromatic heterocycles. The molecular weight excluding hydrogens is 216 g/mol. The van der Waals surface area contributed by atoms with Gasteiger partial charge in [-0.25, -0.2) is 4.98 Å². The Morgan fingerprint density at radius 3 is 2.88 bits per heavy atom. The molecule has 1 amide bonds. The number of hydrogen-bond donors (Lipinski definition) is 2. The molecule has 17 heavy (non-hydrogen) atoms. The van der Waals surface area contributed by atoms with Gasteiger partial charge in [0, 0.05) is 30.9 Å². The maximum atomic E-state index is 12.0. The Balaban J connectivity index is 1.77. The first-order valence-corrected chi connectivity index (χ1v) is 6.13. The van der Waals surface area contributed by atoms with Gasteiger partial charge in [0.2, 0.25) is 5.91 Å². The van der Waals surface area contributed by atoms with Crippen LogP contribution in [0.4, 0.5) is 0 Å². The Labute approximate surface area is 102 Å². The summed E-state index contributed by atoms with van der Waals surface area (Å²) < 4.78 is 1.97. The number of rotatable bonds is 5. The topological polar surface area (TPSA) is 59.0 Å². The maximum Gasteiger partial charge on any atom is 0.223 e. The molecule has 1 aliphatic heterocycles. The third-order valence-corrected chi connectivity index (χ3v) is 3.37. The molecule has 2 unspecified atom stereocenters. The van der Waals surface area contributed by atoms with Gasteiger partial charge < -0.3 is 15.2 Å². The van der Waals surface area contributed by atoms with E-state index in [9.17, 15) is 4.79 Å². The second-order valence-electron chi connectivity index (χ2n) is 4.88. The van der Waals surface area contributed by atoms with Crippen LogP contribution in [-0.4, -0.2) is 34.6 Å². The molecule has 5 heteroatoms. The summed E-state index contributed by atoms with van der Waals surface area (Å²) in [6.45, 7) is 6.71. The number of carbonyl (C=O) groups is 1. The lowest BCUT2D eigenvalue weighted by atomic mass is 9.88. The van der Waals surface area contributed by atoms with Crippen LogP contribution in [-0.2, 0) is 11.3 Å². The zero-order valence-corrected chi connectivity index (χ0v) is 10.4. The van der Waals surface area contributed by atoms with E-state index in [1.165, 1.54) is 0 Å². The van der Waals surface area contributed by atoms with Crippen LogP contribution < -0.4 is 10.6 Å². The Kier molecular flexibility index (Phi) is 3.78. The van der Waals surface area contributed by atoms with Gasteiger partial charge in [0.15, 0.2) is 0 Å². The van der Waals surface area contributed by atoms with Crippen molar-refractivity contribution in [3.63, 3.8) is 0 Å². The number of nitrogens with zero attached hydrogens (tertiary/aromatic N) is 2. The zero-order chi connectivity index (χ0) is 12.3. The van der Waals surface area contributed by atoms with Gasteiger partial charge in [-0.15, -0.1) is 0 Å². The Morgan fingerprint density at radius 1 is 1.59 bits per heavy atom. The van der Waals surface area contributed by atoms with Crippen LogP contribution in [0.1, 0.15) is 13.8 Å². The number of carbonyl (C=O) groups excluding carboxylic acids is 1. The molecule has 2 heterocycles. The van der Waals surface area contributed by atoms with E-state index in [-0.39, 0.29) is 17.9 Å². The summed E-state index contributed by atoms with van der Waals surface area (Å²) in [7, 11) is 0. The molecule has 1 fully saturated rings. The predicted molar refractivity (Wildman–Crippen MR) is 65.4 cm³/mol. The largest absolute Gasteiger partial charge is 0.352 e. The molecule has 94 valence electrons. The minimum atomic E-state index is 0.0986. The van der Waals surface area contributed by atoms with E-state index in [0.29, 0.717) is 5.92 Å². The molecule has 5 nitrogen and oxygen atoms in total.